The van der Waals surface area contributed by atoms with Crippen molar-refractivity contribution in [1.82, 2.24) is 4.90 Å². The Kier molecular flexibility index (Phi) is 4.55. The highest BCUT2D eigenvalue weighted by Crippen LogP contribution is 2.19. The second kappa shape index (κ2) is 6.16. The molecule has 1 unspecified atom stereocenters. The Labute approximate surface area is 119 Å². The molecule has 0 aliphatic carbocycles. The van der Waals surface area contributed by atoms with Crippen molar-refractivity contribution < 1.29 is 19.4 Å². The number of aliphatic carboxylic acids is 1. The van der Waals surface area contributed by atoms with Gasteiger partial charge >= 0.3 is 5.97 Å². The Morgan fingerprint density at radius 1 is 1.42 bits per heavy atom. The van der Waals surface area contributed by atoms with Crippen molar-refractivity contribution in [2.24, 2.45) is 0 Å². The quantitative estimate of drug-likeness (QED) is 0.918. The summed E-state index contributed by atoms with van der Waals surface area (Å²) >= 11 is 3.35. The number of benzene rings is 1. The number of hydrogen-bond donors (Lipinski definition) is 1. The molecule has 2 rings (SSSR count). The van der Waals surface area contributed by atoms with Gasteiger partial charge in [-0.1, -0.05) is 12.1 Å². The summed E-state index contributed by atoms with van der Waals surface area (Å²) in [7, 11) is 0. The molecule has 1 amide bonds. The molecule has 0 saturated carbocycles. The van der Waals surface area contributed by atoms with Crippen molar-refractivity contribution in [3.8, 4) is 0 Å². The first kappa shape index (κ1) is 14.0. The Balaban J connectivity index is 2.07. The number of rotatable bonds is 3. The number of nitrogens with zero attached hydrogens (tertiary/aromatic N) is 1. The van der Waals surface area contributed by atoms with Gasteiger partial charge in [0.25, 0.3) is 5.91 Å². The van der Waals surface area contributed by atoms with Crippen LogP contribution in [-0.4, -0.2) is 47.7 Å². The van der Waals surface area contributed by atoms with Crippen LogP contribution >= 0.6 is 15.9 Å². The lowest BCUT2D eigenvalue weighted by atomic mass is 10.1. The van der Waals surface area contributed by atoms with E-state index in [0.717, 1.165) is 4.47 Å². The first-order valence-electron chi connectivity index (χ1n) is 5.95. The molecule has 1 aromatic rings. The van der Waals surface area contributed by atoms with E-state index in [1.54, 1.807) is 17.0 Å². The predicted molar refractivity (Wildman–Crippen MR) is 72.0 cm³/mol. The fraction of sp³-hybridized carbons (Fsp3) is 0.385. The molecule has 1 atom stereocenters. The fourth-order valence-electron chi connectivity index (χ4n) is 2.03. The number of morpholine rings is 1. The third-order valence-corrected chi connectivity index (χ3v) is 3.62. The molecule has 19 heavy (non-hydrogen) atoms. The molecule has 1 heterocycles. The summed E-state index contributed by atoms with van der Waals surface area (Å²) in [6.07, 6.45) is -0.516. The van der Waals surface area contributed by atoms with Crippen molar-refractivity contribution in [2.45, 2.75) is 12.5 Å². The van der Waals surface area contributed by atoms with Gasteiger partial charge in [-0.3, -0.25) is 9.59 Å². The van der Waals surface area contributed by atoms with Crippen LogP contribution in [0.4, 0.5) is 0 Å². The number of halogens is 1. The van der Waals surface area contributed by atoms with Crippen LogP contribution in [0.3, 0.4) is 0 Å². The number of carboxylic acids is 1. The zero-order valence-corrected chi connectivity index (χ0v) is 11.8. The molecule has 0 spiro atoms. The first-order chi connectivity index (χ1) is 9.08. The lowest BCUT2D eigenvalue weighted by Crippen LogP contribution is -2.46. The van der Waals surface area contributed by atoms with E-state index in [0.29, 0.717) is 25.3 Å². The molecule has 1 saturated heterocycles. The minimum Gasteiger partial charge on any atom is -0.481 e. The summed E-state index contributed by atoms with van der Waals surface area (Å²) in [5, 5.41) is 8.76. The van der Waals surface area contributed by atoms with Gasteiger partial charge in [-0.25, -0.2) is 0 Å². The maximum atomic E-state index is 12.3. The second-order valence-corrected chi connectivity index (χ2v) is 5.18. The van der Waals surface area contributed by atoms with Gasteiger partial charge in [0.1, 0.15) is 0 Å². The molecule has 1 fully saturated rings. The van der Waals surface area contributed by atoms with Crippen molar-refractivity contribution >= 4 is 27.8 Å². The number of amides is 1. The van der Waals surface area contributed by atoms with Gasteiger partial charge in [0.2, 0.25) is 0 Å². The van der Waals surface area contributed by atoms with Gasteiger partial charge in [-0.15, -0.1) is 0 Å². The minimum atomic E-state index is -0.916. The van der Waals surface area contributed by atoms with Gasteiger partial charge in [0.15, 0.2) is 0 Å². The van der Waals surface area contributed by atoms with E-state index < -0.39 is 12.1 Å². The number of ether oxygens (including phenoxy) is 1. The van der Waals surface area contributed by atoms with E-state index in [9.17, 15) is 9.59 Å². The predicted octanol–water partition coefficient (Wildman–Crippen LogP) is 1.76. The molecule has 1 N–H and O–H groups in total. The molecular formula is C13H14BrNO4. The molecule has 5 nitrogen and oxygen atoms in total. The average Bonchev–Trinajstić information content (AvgIpc) is 2.38. The average molecular weight is 328 g/mol. The molecule has 0 bridgehead atoms. The first-order valence-corrected chi connectivity index (χ1v) is 6.74. The van der Waals surface area contributed by atoms with E-state index in [4.69, 9.17) is 9.84 Å². The molecule has 6 heteroatoms. The lowest BCUT2D eigenvalue weighted by Gasteiger charge is -2.32. The molecule has 1 aliphatic heterocycles. The summed E-state index contributed by atoms with van der Waals surface area (Å²) < 4.78 is 6.09. The van der Waals surface area contributed by atoms with E-state index >= 15 is 0 Å². The summed E-state index contributed by atoms with van der Waals surface area (Å²) in [6.45, 7) is 1.16. The van der Waals surface area contributed by atoms with Gasteiger partial charge < -0.3 is 14.7 Å². The number of hydrogen-bond acceptors (Lipinski definition) is 3. The van der Waals surface area contributed by atoms with Gasteiger partial charge in [-0.2, -0.15) is 0 Å². The van der Waals surface area contributed by atoms with Crippen LogP contribution in [0.15, 0.2) is 28.7 Å². The smallest absolute Gasteiger partial charge is 0.306 e. The van der Waals surface area contributed by atoms with Crippen LogP contribution < -0.4 is 0 Å². The maximum Gasteiger partial charge on any atom is 0.306 e. The van der Waals surface area contributed by atoms with Crippen molar-refractivity contribution in [3.63, 3.8) is 0 Å². The zero-order chi connectivity index (χ0) is 13.8. The second-order valence-electron chi connectivity index (χ2n) is 4.32. The van der Waals surface area contributed by atoms with E-state index in [2.05, 4.69) is 15.9 Å². The number of carbonyl (C=O) groups excluding carboxylic acids is 1. The summed E-state index contributed by atoms with van der Waals surface area (Å²) in [5.41, 5.74) is 0.582. The molecule has 0 aromatic heterocycles. The van der Waals surface area contributed by atoms with Crippen molar-refractivity contribution in [2.75, 3.05) is 19.7 Å². The Morgan fingerprint density at radius 2 is 2.16 bits per heavy atom. The molecular weight excluding hydrogens is 314 g/mol. The topological polar surface area (TPSA) is 66.8 Å². The van der Waals surface area contributed by atoms with Gasteiger partial charge in [-0.05, 0) is 28.1 Å². The largest absolute Gasteiger partial charge is 0.481 e. The third kappa shape index (κ3) is 3.54. The highest BCUT2D eigenvalue weighted by molar-refractivity contribution is 9.10. The summed E-state index contributed by atoms with van der Waals surface area (Å²) in [6, 6.07) is 7.19. The number of carbonyl (C=O) groups is 2. The molecule has 102 valence electrons. The van der Waals surface area contributed by atoms with Crippen molar-refractivity contribution in [1.29, 1.82) is 0 Å². The Hall–Kier alpha value is -1.40. The molecule has 1 aliphatic rings. The van der Waals surface area contributed by atoms with Crippen LogP contribution in [0.1, 0.15) is 16.8 Å². The maximum absolute atomic E-state index is 12.3. The highest BCUT2D eigenvalue weighted by Gasteiger charge is 2.27. The van der Waals surface area contributed by atoms with Crippen molar-refractivity contribution in [3.05, 3.63) is 34.3 Å². The van der Waals surface area contributed by atoms with E-state index in [1.807, 2.05) is 12.1 Å². The molecule has 1 aromatic carbocycles. The summed E-state index contributed by atoms with van der Waals surface area (Å²) in [5.74, 6) is -1.02. The number of carboxylic acid groups (broad SMARTS) is 1. The van der Waals surface area contributed by atoms with Crippen LogP contribution in [0.25, 0.3) is 0 Å². The lowest BCUT2D eigenvalue weighted by molar-refractivity contribution is -0.141. The molecule has 0 radical (unpaired) electrons. The minimum absolute atomic E-state index is 0.0836. The van der Waals surface area contributed by atoms with Crippen LogP contribution in [0, 0.1) is 0 Å². The summed E-state index contributed by atoms with van der Waals surface area (Å²) in [4.78, 5) is 24.7. The standard InChI is InChI=1S/C13H14BrNO4/c14-11-4-2-1-3-10(11)13(18)15-5-6-19-9(8-15)7-12(16)17/h1-4,9H,5-8H2,(H,16,17). The van der Waals surface area contributed by atoms with E-state index in [-0.39, 0.29) is 12.3 Å². The normalized spacial score (nSPS) is 19.2. The monoisotopic (exact) mass is 327 g/mol. The SMILES string of the molecule is O=C(O)CC1CN(C(=O)c2ccccc2Br)CCO1. The highest BCUT2D eigenvalue weighted by atomic mass is 79.9. The Bertz CT molecular complexity index is 491. The van der Waals surface area contributed by atoms with E-state index in [1.165, 1.54) is 0 Å². The zero-order valence-electron chi connectivity index (χ0n) is 10.2. The Morgan fingerprint density at radius 3 is 2.84 bits per heavy atom. The van der Waals surface area contributed by atoms with Gasteiger partial charge in [0.05, 0.1) is 24.7 Å². The third-order valence-electron chi connectivity index (χ3n) is 2.93. The van der Waals surface area contributed by atoms with Crippen LogP contribution in [-0.2, 0) is 9.53 Å². The van der Waals surface area contributed by atoms with Gasteiger partial charge in [0, 0.05) is 17.6 Å². The fourth-order valence-corrected chi connectivity index (χ4v) is 2.48. The van der Waals surface area contributed by atoms with Crippen LogP contribution in [0.5, 0.6) is 0 Å². The van der Waals surface area contributed by atoms with Crippen LogP contribution in [0.2, 0.25) is 0 Å².